The highest BCUT2D eigenvalue weighted by Crippen LogP contribution is 2.35. The molecular formula is C15H21N. The van der Waals surface area contributed by atoms with Gasteiger partial charge in [-0.25, -0.2) is 0 Å². The molecule has 1 aliphatic rings. The molecule has 1 aliphatic carbocycles. The van der Waals surface area contributed by atoms with Crippen LogP contribution in [0.4, 0.5) is 0 Å². The fraction of sp³-hybridized carbons (Fsp3) is 0.467. The summed E-state index contributed by atoms with van der Waals surface area (Å²) < 4.78 is 0. The molecule has 0 bridgehead atoms. The van der Waals surface area contributed by atoms with Crippen LogP contribution in [0.2, 0.25) is 0 Å². The van der Waals surface area contributed by atoms with E-state index in [4.69, 9.17) is 5.73 Å². The molecule has 0 heterocycles. The predicted molar refractivity (Wildman–Crippen MR) is 69.4 cm³/mol. The maximum absolute atomic E-state index is 6.33. The average Bonchev–Trinajstić information content (AvgIpc) is 2.27. The first-order valence-electron chi connectivity index (χ1n) is 6.10. The van der Waals surface area contributed by atoms with E-state index in [-0.39, 0.29) is 6.04 Å². The van der Waals surface area contributed by atoms with Crippen LogP contribution in [0.5, 0.6) is 0 Å². The van der Waals surface area contributed by atoms with Gasteiger partial charge in [0.1, 0.15) is 0 Å². The van der Waals surface area contributed by atoms with Crippen LogP contribution in [0.15, 0.2) is 36.4 Å². The van der Waals surface area contributed by atoms with E-state index in [1.807, 2.05) is 0 Å². The first-order valence-corrected chi connectivity index (χ1v) is 6.10. The summed E-state index contributed by atoms with van der Waals surface area (Å²) in [6.45, 7) is 6.58. The molecule has 0 saturated carbocycles. The minimum absolute atomic E-state index is 0.239. The molecule has 4 atom stereocenters. The molecule has 0 radical (unpaired) electrons. The molecule has 0 spiro atoms. The van der Waals surface area contributed by atoms with Crippen molar-refractivity contribution < 1.29 is 0 Å². The lowest BCUT2D eigenvalue weighted by atomic mass is 9.73. The minimum atomic E-state index is 0.239. The van der Waals surface area contributed by atoms with Gasteiger partial charge in [0.05, 0.1) is 0 Å². The van der Waals surface area contributed by atoms with E-state index in [0.29, 0.717) is 17.8 Å². The van der Waals surface area contributed by atoms with Gasteiger partial charge in [-0.05, 0) is 24.3 Å². The van der Waals surface area contributed by atoms with Gasteiger partial charge in [0, 0.05) is 12.0 Å². The van der Waals surface area contributed by atoms with Crippen molar-refractivity contribution in [1.29, 1.82) is 0 Å². The van der Waals surface area contributed by atoms with E-state index >= 15 is 0 Å². The second-order valence-electron chi connectivity index (χ2n) is 5.12. The molecule has 1 heteroatoms. The molecule has 0 fully saturated rings. The highest BCUT2D eigenvalue weighted by molar-refractivity contribution is 5.29. The summed E-state index contributed by atoms with van der Waals surface area (Å²) >= 11 is 0. The van der Waals surface area contributed by atoms with Crippen molar-refractivity contribution in [3.8, 4) is 0 Å². The summed E-state index contributed by atoms with van der Waals surface area (Å²) in [5.74, 6) is 1.47. The maximum atomic E-state index is 6.33. The van der Waals surface area contributed by atoms with E-state index in [2.05, 4.69) is 57.2 Å². The topological polar surface area (TPSA) is 26.0 Å². The van der Waals surface area contributed by atoms with Gasteiger partial charge >= 0.3 is 0 Å². The molecule has 1 nitrogen and oxygen atoms in total. The standard InChI is InChI=1S/C15H21N/c1-10-4-8-13(9-5-10)14-11(2)6-7-12(3)15(14)16/h4-9,11-12,14-15H,16H2,1-3H3/t11-,12+,14-,15+/m0/s1. The number of rotatable bonds is 1. The van der Waals surface area contributed by atoms with Gasteiger partial charge in [0.2, 0.25) is 0 Å². The number of nitrogens with two attached hydrogens (primary N) is 1. The molecule has 2 N–H and O–H groups in total. The fourth-order valence-corrected chi connectivity index (χ4v) is 2.59. The van der Waals surface area contributed by atoms with Crippen molar-refractivity contribution >= 4 is 0 Å². The first kappa shape index (κ1) is 11.4. The first-order chi connectivity index (χ1) is 7.59. The van der Waals surface area contributed by atoms with E-state index in [0.717, 1.165) is 0 Å². The van der Waals surface area contributed by atoms with Gasteiger partial charge < -0.3 is 5.73 Å². The fourth-order valence-electron chi connectivity index (χ4n) is 2.59. The van der Waals surface area contributed by atoms with Crippen molar-refractivity contribution in [3.05, 3.63) is 47.5 Å². The molecule has 1 aromatic carbocycles. The summed E-state index contributed by atoms with van der Waals surface area (Å²) in [5.41, 5.74) is 9.02. The van der Waals surface area contributed by atoms with Crippen molar-refractivity contribution in [2.45, 2.75) is 32.7 Å². The SMILES string of the molecule is Cc1ccc([C@H]2[C@H](N)[C@H](C)C=C[C@@H]2C)cc1. The van der Waals surface area contributed by atoms with Gasteiger partial charge in [-0.3, -0.25) is 0 Å². The van der Waals surface area contributed by atoms with Crippen LogP contribution in [0, 0.1) is 18.8 Å². The van der Waals surface area contributed by atoms with Crippen LogP contribution in [0.3, 0.4) is 0 Å². The Hall–Kier alpha value is -1.08. The van der Waals surface area contributed by atoms with Gasteiger partial charge in [-0.15, -0.1) is 0 Å². The van der Waals surface area contributed by atoms with E-state index in [1.54, 1.807) is 0 Å². The molecule has 0 aliphatic heterocycles. The van der Waals surface area contributed by atoms with Gasteiger partial charge in [-0.1, -0.05) is 55.8 Å². The number of hydrogen-bond donors (Lipinski definition) is 1. The average molecular weight is 215 g/mol. The molecule has 2 rings (SSSR count). The zero-order chi connectivity index (χ0) is 11.7. The summed E-state index contributed by atoms with van der Waals surface area (Å²) in [6, 6.07) is 9.04. The highest BCUT2D eigenvalue weighted by Gasteiger charge is 2.30. The molecule has 0 aromatic heterocycles. The van der Waals surface area contributed by atoms with Crippen LogP contribution in [-0.4, -0.2) is 6.04 Å². The van der Waals surface area contributed by atoms with E-state index < -0.39 is 0 Å². The summed E-state index contributed by atoms with van der Waals surface area (Å²) in [6.07, 6.45) is 4.55. The molecular weight excluding hydrogens is 194 g/mol. The maximum Gasteiger partial charge on any atom is 0.0174 e. The Balaban J connectivity index is 2.32. The highest BCUT2D eigenvalue weighted by atomic mass is 14.7. The van der Waals surface area contributed by atoms with E-state index in [9.17, 15) is 0 Å². The molecule has 0 unspecified atom stereocenters. The third kappa shape index (κ3) is 2.05. The Morgan fingerprint density at radius 3 is 2.12 bits per heavy atom. The lowest BCUT2D eigenvalue weighted by Crippen LogP contribution is -2.39. The van der Waals surface area contributed by atoms with Crippen molar-refractivity contribution in [2.75, 3.05) is 0 Å². The third-order valence-electron chi connectivity index (χ3n) is 3.77. The number of aryl methyl sites for hydroxylation is 1. The summed E-state index contributed by atoms with van der Waals surface area (Å²) in [4.78, 5) is 0. The Morgan fingerprint density at radius 1 is 0.938 bits per heavy atom. The van der Waals surface area contributed by atoms with Crippen molar-refractivity contribution in [2.24, 2.45) is 17.6 Å². The zero-order valence-electron chi connectivity index (χ0n) is 10.4. The largest absolute Gasteiger partial charge is 0.327 e. The summed E-state index contributed by atoms with van der Waals surface area (Å²) in [5, 5.41) is 0. The number of hydrogen-bond acceptors (Lipinski definition) is 1. The monoisotopic (exact) mass is 215 g/mol. The van der Waals surface area contributed by atoms with Crippen LogP contribution >= 0.6 is 0 Å². The minimum Gasteiger partial charge on any atom is -0.327 e. The Morgan fingerprint density at radius 2 is 1.50 bits per heavy atom. The van der Waals surface area contributed by atoms with Crippen LogP contribution < -0.4 is 5.73 Å². The lowest BCUT2D eigenvalue weighted by molar-refractivity contribution is 0.366. The Labute approximate surface area is 98.4 Å². The quantitative estimate of drug-likeness (QED) is 0.715. The third-order valence-corrected chi connectivity index (χ3v) is 3.77. The molecule has 16 heavy (non-hydrogen) atoms. The summed E-state index contributed by atoms with van der Waals surface area (Å²) in [7, 11) is 0. The van der Waals surface area contributed by atoms with Crippen LogP contribution in [-0.2, 0) is 0 Å². The normalized spacial score (nSPS) is 34.0. The Kier molecular flexibility index (Phi) is 3.15. The predicted octanol–water partition coefficient (Wildman–Crippen LogP) is 3.25. The van der Waals surface area contributed by atoms with Crippen LogP contribution in [0.25, 0.3) is 0 Å². The number of allylic oxidation sites excluding steroid dienone is 1. The lowest BCUT2D eigenvalue weighted by Gasteiger charge is -2.35. The smallest absolute Gasteiger partial charge is 0.0174 e. The van der Waals surface area contributed by atoms with Crippen LogP contribution in [0.1, 0.15) is 30.9 Å². The molecule has 0 amide bonds. The molecule has 1 aromatic rings. The van der Waals surface area contributed by atoms with Crippen molar-refractivity contribution in [3.63, 3.8) is 0 Å². The second-order valence-corrected chi connectivity index (χ2v) is 5.12. The molecule has 86 valence electrons. The second kappa shape index (κ2) is 4.42. The molecule has 0 saturated heterocycles. The van der Waals surface area contributed by atoms with Gasteiger partial charge in [-0.2, -0.15) is 0 Å². The number of benzene rings is 1. The van der Waals surface area contributed by atoms with Crippen molar-refractivity contribution in [1.82, 2.24) is 0 Å². The van der Waals surface area contributed by atoms with E-state index in [1.165, 1.54) is 11.1 Å². The van der Waals surface area contributed by atoms with Gasteiger partial charge in [0.25, 0.3) is 0 Å². The Bertz CT molecular complexity index is 377. The zero-order valence-corrected chi connectivity index (χ0v) is 10.4. The van der Waals surface area contributed by atoms with Gasteiger partial charge in [0.15, 0.2) is 0 Å².